The number of rotatable bonds is 2. The van der Waals surface area contributed by atoms with Crippen molar-refractivity contribution >= 4 is 29.1 Å². The van der Waals surface area contributed by atoms with Crippen molar-refractivity contribution in [2.45, 2.75) is 24.4 Å². The van der Waals surface area contributed by atoms with Crippen LogP contribution in [-0.4, -0.2) is 23.0 Å². The van der Waals surface area contributed by atoms with Crippen molar-refractivity contribution < 1.29 is 14.7 Å². The Hall–Kier alpha value is -2.95. The van der Waals surface area contributed by atoms with Crippen LogP contribution in [0.4, 0.5) is 5.69 Å². The number of carbonyl (C=O) groups excluding carboxylic acids is 2. The van der Waals surface area contributed by atoms with Crippen LogP contribution in [0.25, 0.3) is 0 Å². The Labute approximate surface area is 185 Å². The molecule has 5 heteroatoms. The summed E-state index contributed by atoms with van der Waals surface area (Å²) in [4.78, 5) is 29.0. The summed E-state index contributed by atoms with van der Waals surface area (Å²) in [6.45, 7) is 1.73. The van der Waals surface area contributed by atoms with E-state index in [0.717, 1.165) is 22.3 Å². The summed E-state index contributed by atoms with van der Waals surface area (Å²) in [7, 11) is 0. The Bertz CT molecular complexity index is 1220. The second kappa shape index (κ2) is 6.28. The lowest BCUT2D eigenvalue weighted by atomic mass is 9.46. The van der Waals surface area contributed by atoms with Gasteiger partial charge in [-0.05, 0) is 47.4 Å². The predicted octanol–water partition coefficient (Wildman–Crippen LogP) is 4.27. The Morgan fingerprint density at radius 2 is 1.52 bits per heavy atom. The predicted molar refractivity (Wildman–Crippen MR) is 118 cm³/mol. The number of carbonyl (C=O) groups is 2. The molecule has 7 rings (SSSR count). The monoisotopic (exact) mass is 429 g/mol. The van der Waals surface area contributed by atoms with Gasteiger partial charge in [-0.15, -0.1) is 0 Å². The Balaban J connectivity index is 1.67. The van der Waals surface area contributed by atoms with E-state index < -0.39 is 23.4 Å². The second-order valence-electron chi connectivity index (χ2n) is 8.69. The summed E-state index contributed by atoms with van der Waals surface area (Å²) in [5.41, 5.74) is 3.44. The van der Waals surface area contributed by atoms with Crippen molar-refractivity contribution in [3.63, 3.8) is 0 Å². The van der Waals surface area contributed by atoms with Gasteiger partial charge in [0, 0.05) is 10.9 Å². The van der Waals surface area contributed by atoms with E-state index in [0.29, 0.717) is 10.7 Å². The van der Waals surface area contributed by atoms with E-state index in [1.165, 1.54) is 4.90 Å². The maximum atomic E-state index is 13.9. The van der Waals surface area contributed by atoms with Gasteiger partial charge in [0.1, 0.15) is 0 Å². The summed E-state index contributed by atoms with van der Waals surface area (Å²) in [6.07, 6.45) is -0.861. The number of aliphatic hydroxyl groups is 1. The third-order valence-corrected chi connectivity index (χ3v) is 7.64. The number of imide groups is 1. The first-order chi connectivity index (χ1) is 15.0. The molecule has 0 aromatic heterocycles. The average Bonchev–Trinajstić information content (AvgIpc) is 3.04. The van der Waals surface area contributed by atoms with E-state index in [2.05, 4.69) is 0 Å². The molecule has 3 aliphatic carbocycles. The molecule has 1 N–H and O–H groups in total. The number of halogens is 1. The molecule has 3 aromatic rings. The van der Waals surface area contributed by atoms with Gasteiger partial charge in [-0.2, -0.15) is 0 Å². The van der Waals surface area contributed by atoms with Crippen LogP contribution in [0.2, 0.25) is 5.02 Å². The lowest BCUT2D eigenvalue weighted by molar-refractivity contribution is -0.126. The largest absolute Gasteiger partial charge is 0.392 e. The van der Waals surface area contributed by atoms with E-state index >= 15 is 0 Å². The molecule has 1 fully saturated rings. The summed E-state index contributed by atoms with van der Waals surface area (Å²) in [6, 6.07) is 22.7. The van der Waals surface area contributed by atoms with Crippen LogP contribution in [0.3, 0.4) is 0 Å². The molecule has 31 heavy (non-hydrogen) atoms. The van der Waals surface area contributed by atoms with E-state index in [1.807, 2.05) is 48.5 Å². The number of aliphatic hydroxyl groups excluding tert-OH is 1. The summed E-state index contributed by atoms with van der Waals surface area (Å²) in [5.74, 6) is -1.96. The van der Waals surface area contributed by atoms with E-state index in [-0.39, 0.29) is 17.7 Å². The standard InChI is InChI=1S/C26H20ClNO3/c1-14(29)26-19-11-4-2-9-17(19)21(18-10-3-5-12-20(18)26)22-23(26)25(31)28(24(22)30)16-8-6-7-15(27)13-16/h2-14,21-23,29H,1H3/t14-,21?,22+,23-,26?/m0/s1. The fraction of sp³-hybridized carbons (Fsp3) is 0.231. The molecule has 0 spiro atoms. The van der Waals surface area contributed by atoms with Gasteiger partial charge in [-0.3, -0.25) is 9.59 Å². The first-order valence-corrected chi connectivity index (χ1v) is 10.9. The maximum absolute atomic E-state index is 13.9. The van der Waals surface area contributed by atoms with Gasteiger partial charge in [0.25, 0.3) is 0 Å². The van der Waals surface area contributed by atoms with Crippen molar-refractivity contribution in [1.82, 2.24) is 0 Å². The van der Waals surface area contributed by atoms with Crippen LogP contribution in [0.5, 0.6) is 0 Å². The fourth-order valence-corrected chi connectivity index (χ4v) is 6.59. The third kappa shape index (κ3) is 2.14. The van der Waals surface area contributed by atoms with Gasteiger partial charge in [-0.25, -0.2) is 4.90 Å². The topological polar surface area (TPSA) is 57.6 Å². The normalized spacial score (nSPS) is 28.9. The number of benzene rings is 3. The third-order valence-electron chi connectivity index (χ3n) is 7.41. The van der Waals surface area contributed by atoms with Crippen molar-refractivity contribution in [2.75, 3.05) is 4.90 Å². The molecule has 2 bridgehead atoms. The van der Waals surface area contributed by atoms with Crippen LogP contribution >= 0.6 is 11.6 Å². The molecule has 3 atom stereocenters. The zero-order valence-corrected chi connectivity index (χ0v) is 17.6. The van der Waals surface area contributed by atoms with Crippen molar-refractivity contribution in [2.24, 2.45) is 11.8 Å². The Morgan fingerprint density at radius 1 is 0.903 bits per heavy atom. The van der Waals surface area contributed by atoms with Gasteiger partial charge in [0.2, 0.25) is 11.8 Å². The molecule has 4 aliphatic rings. The minimum absolute atomic E-state index is 0.223. The molecular formula is C26H20ClNO3. The number of nitrogens with zero attached hydrogens (tertiary/aromatic N) is 1. The van der Waals surface area contributed by atoms with Gasteiger partial charge < -0.3 is 5.11 Å². The maximum Gasteiger partial charge on any atom is 0.239 e. The van der Waals surface area contributed by atoms with Crippen LogP contribution in [-0.2, 0) is 15.0 Å². The lowest BCUT2D eigenvalue weighted by Gasteiger charge is -2.55. The SMILES string of the molecule is C[C@H](O)C12c3ccccc3C(c3ccccc31)[C@H]1C(=O)N(c3cccc(Cl)c3)C(=O)[C@H]12. The molecule has 0 unspecified atom stereocenters. The number of hydrogen-bond acceptors (Lipinski definition) is 3. The quantitative estimate of drug-likeness (QED) is 0.619. The molecule has 0 saturated carbocycles. The smallest absolute Gasteiger partial charge is 0.239 e. The highest BCUT2D eigenvalue weighted by molar-refractivity contribution is 6.31. The molecule has 154 valence electrons. The minimum Gasteiger partial charge on any atom is -0.392 e. The molecule has 1 saturated heterocycles. The fourth-order valence-electron chi connectivity index (χ4n) is 6.41. The highest BCUT2D eigenvalue weighted by Crippen LogP contribution is 2.65. The van der Waals surface area contributed by atoms with Crippen LogP contribution < -0.4 is 4.90 Å². The van der Waals surface area contributed by atoms with Crippen LogP contribution in [0, 0.1) is 11.8 Å². The van der Waals surface area contributed by atoms with E-state index in [9.17, 15) is 14.7 Å². The van der Waals surface area contributed by atoms with Gasteiger partial charge in [0.15, 0.2) is 0 Å². The molecule has 4 nitrogen and oxygen atoms in total. The number of anilines is 1. The van der Waals surface area contributed by atoms with Gasteiger partial charge in [0.05, 0.1) is 29.0 Å². The minimum atomic E-state index is -0.979. The van der Waals surface area contributed by atoms with E-state index in [1.54, 1.807) is 31.2 Å². The van der Waals surface area contributed by atoms with Crippen molar-refractivity contribution in [3.05, 3.63) is 100 Å². The van der Waals surface area contributed by atoms with Gasteiger partial charge >= 0.3 is 0 Å². The Morgan fingerprint density at radius 3 is 2.10 bits per heavy atom. The molecule has 1 heterocycles. The van der Waals surface area contributed by atoms with Crippen LogP contribution in [0.1, 0.15) is 35.1 Å². The van der Waals surface area contributed by atoms with Crippen molar-refractivity contribution in [3.8, 4) is 0 Å². The molecule has 1 aliphatic heterocycles. The van der Waals surface area contributed by atoms with Crippen LogP contribution in [0.15, 0.2) is 72.8 Å². The van der Waals surface area contributed by atoms with Gasteiger partial charge in [-0.1, -0.05) is 66.2 Å². The summed E-state index contributed by atoms with van der Waals surface area (Å²) >= 11 is 6.18. The Kier molecular flexibility index (Phi) is 3.81. The first-order valence-electron chi connectivity index (χ1n) is 10.5. The lowest BCUT2D eigenvalue weighted by Crippen LogP contribution is -2.58. The zero-order chi connectivity index (χ0) is 21.5. The molecule has 0 radical (unpaired) electrons. The second-order valence-corrected chi connectivity index (χ2v) is 9.13. The van der Waals surface area contributed by atoms with E-state index in [4.69, 9.17) is 11.6 Å². The zero-order valence-electron chi connectivity index (χ0n) is 16.8. The molecule has 3 aromatic carbocycles. The summed E-state index contributed by atoms with van der Waals surface area (Å²) < 4.78 is 0. The molecular weight excluding hydrogens is 410 g/mol. The average molecular weight is 430 g/mol. The highest BCUT2D eigenvalue weighted by Gasteiger charge is 2.69. The summed E-state index contributed by atoms with van der Waals surface area (Å²) in [5, 5.41) is 11.8. The van der Waals surface area contributed by atoms with Crippen molar-refractivity contribution in [1.29, 1.82) is 0 Å². The highest BCUT2D eigenvalue weighted by atomic mass is 35.5. The number of amides is 2. The molecule has 2 amide bonds. The number of hydrogen-bond donors (Lipinski definition) is 1. The first kappa shape index (κ1) is 18.8.